The van der Waals surface area contributed by atoms with Crippen molar-refractivity contribution < 1.29 is 0 Å². The predicted molar refractivity (Wildman–Crippen MR) is 283 cm³/mol. The maximum absolute atomic E-state index is 4.17. The fourth-order valence-corrected chi connectivity index (χ4v) is 10.4. The van der Waals surface area contributed by atoms with E-state index in [9.17, 15) is 0 Å². The van der Waals surface area contributed by atoms with Crippen LogP contribution in [0.2, 0.25) is 0 Å². The predicted octanol–water partition coefficient (Wildman–Crippen LogP) is 17.3. The topological polar surface area (TPSA) is 4.93 Å². The smallest absolute Gasteiger partial charge is 0.0725 e. The summed E-state index contributed by atoms with van der Waals surface area (Å²) in [6.07, 6.45) is 15.6. The number of hydrogen-bond acceptors (Lipinski definition) is 0. The molecule has 1 aromatic heterocycles. The molecule has 0 atom stereocenters. The molecule has 320 valence electrons. The van der Waals surface area contributed by atoms with E-state index in [1.54, 1.807) is 0 Å². The highest BCUT2D eigenvalue weighted by Gasteiger charge is 2.51. The highest BCUT2D eigenvalue weighted by Crippen LogP contribution is 2.62. The zero-order chi connectivity index (χ0) is 45.2. The Morgan fingerprint density at radius 1 is 0.500 bits per heavy atom. The van der Waals surface area contributed by atoms with Crippen LogP contribution < -0.4 is 0 Å². The monoisotopic (exact) mass is 849 g/mol. The molecular weight excluding hydrogens is 795 g/mol. The van der Waals surface area contributed by atoms with Gasteiger partial charge in [-0.1, -0.05) is 217 Å². The van der Waals surface area contributed by atoms with Crippen LogP contribution in [0.25, 0.3) is 60.9 Å². The summed E-state index contributed by atoms with van der Waals surface area (Å²) in [6.45, 7) is 12.7. The number of allylic oxidation sites excluding steroid dienone is 9. The molecule has 12 rings (SSSR count). The number of fused-ring (bicyclic) bond motifs is 10. The summed E-state index contributed by atoms with van der Waals surface area (Å²) in [7, 11) is 0. The third kappa shape index (κ3) is 7.41. The van der Waals surface area contributed by atoms with E-state index in [0.717, 1.165) is 0 Å². The molecule has 3 aliphatic carbocycles. The van der Waals surface area contributed by atoms with Crippen LogP contribution in [0, 0.1) is 20.8 Å². The van der Waals surface area contributed by atoms with Crippen molar-refractivity contribution in [3.05, 3.63) is 281 Å². The Kier molecular flexibility index (Phi) is 11.5. The van der Waals surface area contributed by atoms with Gasteiger partial charge in [0, 0.05) is 16.5 Å². The first kappa shape index (κ1) is 42.2. The molecule has 1 nitrogen and oxygen atoms in total. The molecule has 0 radical (unpaired) electrons. The van der Waals surface area contributed by atoms with Crippen LogP contribution in [-0.4, -0.2) is 4.57 Å². The van der Waals surface area contributed by atoms with Crippen LogP contribution in [0.3, 0.4) is 0 Å². The molecule has 0 unspecified atom stereocenters. The Bertz CT molecular complexity index is 3340. The van der Waals surface area contributed by atoms with Crippen molar-refractivity contribution >= 4 is 33.0 Å². The molecule has 3 aliphatic rings. The van der Waals surface area contributed by atoms with Crippen molar-refractivity contribution in [1.82, 2.24) is 4.57 Å². The molecule has 1 spiro atoms. The zero-order valence-electron chi connectivity index (χ0n) is 38.4. The Labute approximate surface area is 390 Å². The van der Waals surface area contributed by atoms with E-state index in [2.05, 4.69) is 257 Å². The van der Waals surface area contributed by atoms with E-state index in [1.165, 1.54) is 124 Å². The lowest BCUT2D eigenvalue weighted by Crippen LogP contribution is -2.26. The second kappa shape index (κ2) is 18.0. The first-order chi connectivity index (χ1) is 32.4. The lowest BCUT2D eigenvalue weighted by atomic mass is 9.69. The van der Waals surface area contributed by atoms with Crippen molar-refractivity contribution in [2.75, 3.05) is 0 Å². The molecule has 66 heavy (non-hydrogen) atoms. The van der Waals surface area contributed by atoms with Gasteiger partial charge < -0.3 is 4.57 Å². The molecule has 0 aliphatic heterocycles. The first-order valence-corrected chi connectivity index (χ1v) is 23.3. The van der Waals surface area contributed by atoms with Gasteiger partial charge in [-0.25, -0.2) is 0 Å². The average molecular weight is 850 g/mol. The van der Waals surface area contributed by atoms with Crippen molar-refractivity contribution in [2.45, 2.75) is 46.0 Å². The number of nitrogens with zero attached hydrogens (tertiary/aromatic N) is 1. The van der Waals surface area contributed by atoms with E-state index in [1.807, 2.05) is 6.08 Å². The molecule has 0 N–H and O–H groups in total. The number of aromatic nitrogens is 1. The number of rotatable bonds is 5. The van der Waals surface area contributed by atoms with Crippen molar-refractivity contribution in [2.24, 2.45) is 0 Å². The maximum Gasteiger partial charge on any atom is 0.0725 e. The van der Waals surface area contributed by atoms with Crippen molar-refractivity contribution in [1.29, 1.82) is 0 Å². The van der Waals surface area contributed by atoms with E-state index in [-0.39, 0.29) is 5.41 Å². The minimum absolute atomic E-state index is 0.259. The molecule has 0 amide bonds. The molecule has 0 fully saturated rings. The number of benzene rings is 8. The summed E-state index contributed by atoms with van der Waals surface area (Å²) in [4.78, 5) is 0. The second-order valence-electron chi connectivity index (χ2n) is 17.7. The Morgan fingerprint density at radius 3 is 1.74 bits per heavy atom. The maximum atomic E-state index is 4.17. The van der Waals surface area contributed by atoms with E-state index in [4.69, 9.17) is 0 Å². The molecule has 1 heteroatoms. The normalized spacial score (nSPS) is 14.0. The molecule has 0 saturated heterocycles. The Morgan fingerprint density at radius 2 is 1.09 bits per heavy atom. The Hall–Kier alpha value is -7.74. The third-order valence-electron chi connectivity index (χ3n) is 13.5. The summed E-state index contributed by atoms with van der Waals surface area (Å²) < 4.78 is 2.35. The van der Waals surface area contributed by atoms with Gasteiger partial charge in [0.2, 0.25) is 0 Å². The van der Waals surface area contributed by atoms with Crippen molar-refractivity contribution in [3.63, 3.8) is 0 Å². The largest absolute Gasteiger partial charge is 0.309 e. The minimum atomic E-state index is -0.259. The van der Waals surface area contributed by atoms with Crippen LogP contribution in [0.5, 0.6) is 0 Å². The fraction of sp³-hybridized carbons (Fsp3) is 0.108. The summed E-state index contributed by atoms with van der Waals surface area (Å²) >= 11 is 0. The fourth-order valence-electron chi connectivity index (χ4n) is 10.4. The molecule has 0 saturated carbocycles. The highest BCUT2D eigenvalue weighted by molar-refractivity contribution is 6.10. The van der Waals surface area contributed by atoms with Crippen LogP contribution in [-0.2, 0) is 5.41 Å². The van der Waals surface area contributed by atoms with Gasteiger partial charge in [0.05, 0.1) is 16.4 Å². The lowest BCUT2D eigenvalue weighted by molar-refractivity contribution is 0.785. The van der Waals surface area contributed by atoms with Gasteiger partial charge in [-0.3, -0.25) is 0 Å². The van der Waals surface area contributed by atoms with Gasteiger partial charge in [0.1, 0.15) is 0 Å². The van der Waals surface area contributed by atoms with Gasteiger partial charge in [-0.15, -0.1) is 0 Å². The van der Waals surface area contributed by atoms with Gasteiger partial charge in [0.15, 0.2) is 0 Å². The molecular formula is C65H55N. The molecule has 8 aromatic carbocycles. The average Bonchev–Trinajstić information content (AvgIpc) is 3.96. The third-order valence-corrected chi connectivity index (χ3v) is 13.5. The van der Waals surface area contributed by atoms with E-state index >= 15 is 0 Å². The zero-order valence-corrected chi connectivity index (χ0v) is 38.4. The van der Waals surface area contributed by atoms with Gasteiger partial charge >= 0.3 is 0 Å². The van der Waals surface area contributed by atoms with E-state index < -0.39 is 0 Å². The summed E-state index contributed by atoms with van der Waals surface area (Å²) in [5.41, 5.74) is 23.2. The summed E-state index contributed by atoms with van der Waals surface area (Å²) in [5, 5.41) is 2.59. The minimum Gasteiger partial charge on any atom is -0.309 e. The van der Waals surface area contributed by atoms with Crippen LogP contribution >= 0.6 is 0 Å². The van der Waals surface area contributed by atoms with Gasteiger partial charge in [-0.2, -0.15) is 0 Å². The van der Waals surface area contributed by atoms with Gasteiger partial charge in [-0.05, 0) is 138 Å². The van der Waals surface area contributed by atoms with Crippen molar-refractivity contribution in [3.8, 4) is 27.9 Å². The van der Waals surface area contributed by atoms with Crippen LogP contribution in [0.1, 0.15) is 64.3 Å². The van der Waals surface area contributed by atoms with Gasteiger partial charge in [0.25, 0.3) is 0 Å². The second-order valence-corrected chi connectivity index (χ2v) is 17.7. The number of hydrogen-bond donors (Lipinski definition) is 0. The number of para-hydroxylation sites is 2. The summed E-state index contributed by atoms with van der Waals surface area (Å²) in [5.74, 6) is 0. The molecule has 1 heterocycles. The van der Waals surface area contributed by atoms with Crippen LogP contribution in [0.15, 0.2) is 237 Å². The van der Waals surface area contributed by atoms with Crippen LogP contribution in [0.4, 0.5) is 0 Å². The SMILES string of the molecule is C=CC1=C(/C=C\C)C2(c3cc(C)ccc31)c1ccccc1-c1ccccc12.Cc1ccc(-c2ccc3c(c2)c2ccccc2n3-c2ccccc2)cc1.Cc1ccc(C2=CCCC=C2)cc1. The van der Waals surface area contributed by atoms with E-state index in [0.29, 0.717) is 0 Å². The standard InChI is InChI=1S/C27H22.C25H19N.C13H14/c1-4-10-23-19(5-2)22-16-15-18(3)17-26(22)27(23)24-13-8-6-11-20(24)21-12-7-9-14-25(21)27;1-18-11-13-19(14-12-18)20-15-16-25-23(17-20)22-9-5-6-10-24(22)26(25)21-7-3-2-4-8-21;1-11-7-9-13(10-8-11)12-5-3-2-4-6-12/h4-17H,2H2,1,3H3;2-17H,1H3;3,5-10H,2,4H2,1H3/b10-4-;;. The summed E-state index contributed by atoms with van der Waals surface area (Å²) in [6, 6.07) is 68.1. The molecule has 9 aromatic rings. The quantitative estimate of drug-likeness (QED) is 0.163. The highest BCUT2D eigenvalue weighted by atomic mass is 15.0. The lowest BCUT2D eigenvalue weighted by Gasteiger charge is -2.31. The first-order valence-electron chi connectivity index (χ1n) is 23.3. The molecule has 0 bridgehead atoms. The number of aryl methyl sites for hydroxylation is 3. The Balaban J connectivity index is 0.000000123.